The van der Waals surface area contributed by atoms with Crippen molar-refractivity contribution >= 4 is 0 Å². The summed E-state index contributed by atoms with van der Waals surface area (Å²) in [7, 11) is 1.65. The molecule has 25 heavy (non-hydrogen) atoms. The molecule has 1 unspecified atom stereocenters. The normalized spacial score (nSPS) is 20.9. The van der Waals surface area contributed by atoms with Crippen molar-refractivity contribution in [1.82, 2.24) is 24.5 Å². The molecule has 3 heterocycles. The lowest BCUT2D eigenvalue weighted by atomic mass is 10.2. The summed E-state index contributed by atoms with van der Waals surface area (Å²) in [6.07, 6.45) is 6.24. The summed E-state index contributed by atoms with van der Waals surface area (Å²) in [5, 5.41) is 8.67. The standard InChI is InChI=1S/C18H23N5O2/c1-21-18(25)9-13(10-19-21)11-22-8-2-3-15(22)12-23-17(24)7-6-16(20-23)14-4-5-14/h6-7,9-10,14-15H,2-5,8,11-12H2,1H3. The van der Waals surface area contributed by atoms with Gasteiger partial charge in [0.15, 0.2) is 0 Å². The molecule has 1 aliphatic carbocycles. The molecule has 1 saturated heterocycles. The number of hydrogen-bond donors (Lipinski definition) is 0. The summed E-state index contributed by atoms with van der Waals surface area (Å²) >= 11 is 0. The Morgan fingerprint density at radius 2 is 2.00 bits per heavy atom. The SMILES string of the molecule is Cn1ncc(CN2CCCC2Cn2nc(C3CC3)ccc2=O)cc1=O. The van der Waals surface area contributed by atoms with Crippen molar-refractivity contribution in [3.8, 4) is 0 Å². The van der Waals surface area contributed by atoms with Crippen LogP contribution in [-0.2, 0) is 20.1 Å². The predicted molar refractivity (Wildman–Crippen MR) is 93.4 cm³/mol. The quantitative estimate of drug-likeness (QED) is 0.807. The van der Waals surface area contributed by atoms with E-state index in [2.05, 4.69) is 15.1 Å². The molecule has 2 fully saturated rings. The predicted octanol–water partition coefficient (Wildman–Crippen LogP) is 0.879. The zero-order valence-electron chi connectivity index (χ0n) is 14.5. The van der Waals surface area contributed by atoms with Gasteiger partial charge in [0.05, 0.1) is 18.4 Å². The maximum absolute atomic E-state index is 12.2. The number of aromatic nitrogens is 4. The van der Waals surface area contributed by atoms with Gasteiger partial charge in [0.25, 0.3) is 11.1 Å². The molecule has 132 valence electrons. The monoisotopic (exact) mass is 341 g/mol. The van der Waals surface area contributed by atoms with E-state index in [1.807, 2.05) is 6.07 Å². The zero-order chi connectivity index (χ0) is 17.4. The van der Waals surface area contributed by atoms with Crippen molar-refractivity contribution < 1.29 is 0 Å². The third-order valence-corrected chi connectivity index (χ3v) is 5.18. The molecule has 1 aliphatic heterocycles. The van der Waals surface area contributed by atoms with Gasteiger partial charge in [-0.05, 0) is 43.9 Å². The molecule has 0 amide bonds. The Bertz CT molecular complexity index is 884. The van der Waals surface area contributed by atoms with Gasteiger partial charge in [0.1, 0.15) is 0 Å². The van der Waals surface area contributed by atoms with Crippen LogP contribution >= 0.6 is 0 Å². The molecule has 7 nitrogen and oxygen atoms in total. The Morgan fingerprint density at radius 1 is 1.16 bits per heavy atom. The number of likely N-dealkylation sites (tertiary alicyclic amines) is 1. The topological polar surface area (TPSA) is 73.0 Å². The van der Waals surface area contributed by atoms with E-state index in [-0.39, 0.29) is 17.2 Å². The minimum Gasteiger partial charge on any atom is -0.294 e. The first-order valence-electron chi connectivity index (χ1n) is 8.94. The average Bonchev–Trinajstić information content (AvgIpc) is 3.35. The molecule has 7 heteroatoms. The first kappa shape index (κ1) is 16.2. The van der Waals surface area contributed by atoms with E-state index in [0.29, 0.717) is 19.0 Å². The molecular formula is C18H23N5O2. The fourth-order valence-electron chi connectivity index (χ4n) is 3.53. The first-order chi connectivity index (χ1) is 12.1. The highest BCUT2D eigenvalue weighted by molar-refractivity contribution is 5.13. The first-order valence-corrected chi connectivity index (χ1v) is 8.94. The van der Waals surface area contributed by atoms with Crippen LogP contribution in [0.3, 0.4) is 0 Å². The third kappa shape index (κ3) is 3.56. The van der Waals surface area contributed by atoms with Crippen LogP contribution in [0.25, 0.3) is 0 Å². The maximum Gasteiger partial charge on any atom is 0.266 e. The second-order valence-electron chi connectivity index (χ2n) is 7.15. The van der Waals surface area contributed by atoms with Crippen LogP contribution in [0, 0.1) is 0 Å². The van der Waals surface area contributed by atoms with Gasteiger partial charge in [-0.15, -0.1) is 0 Å². The van der Waals surface area contributed by atoms with Gasteiger partial charge in [-0.3, -0.25) is 14.5 Å². The second kappa shape index (κ2) is 6.55. The van der Waals surface area contributed by atoms with Gasteiger partial charge < -0.3 is 0 Å². The lowest BCUT2D eigenvalue weighted by molar-refractivity contribution is 0.216. The minimum absolute atomic E-state index is 0.0357. The highest BCUT2D eigenvalue weighted by atomic mass is 16.1. The fourth-order valence-corrected chi connectivity index (χ4v) is 3.53. The largest absolute Gasteiger partial charge is 0.294 e. The van der Waals surface area contributed by atoms with Gasteiger partial charge in [0, 0.05) is 37.7 Å². The minimum atomic E-state index is -0.0942. The number of aryl methyl sites for hydroxylation is 1. The molecule has 1 atom stereocenters. The number of nitrogens with zero attached hydrogens (tertiary/aromatic N) is 5. The average molecular weight is 341 g/mol. The number of rotatable bonds is 5. The van der Waals surface area contributed by atoms with Crippen LogP contribution in [0.2, 0.25) is 0 Å². The molecule has 2 aromatic heterocycles. The van der Waals surface area contributed by atoms with Gasteiger partial charge in [-0.25, -0.2) is 9.36 Å². The van der Waals surface area contributed by atoms with Crippen LogP contribution < -0.4 is 11.1 Å². The number of hydrogen-bond acceptors (Lipinski definition) is 5. The van der Waals surface area contributed by atoms with E-state index >= 15 is 0 Å². The summed E-state index contributed by atoms with van der Waals surface area (Å²) < 4.78 is 2.96. The lowest BCUT2D eigenvalue weighted by Crippen LogP contribution is -2.37. The maximum atomic E-state index is 12.2. The van der Waals surface area contributed by atoms with Crippen molar-refractivity contribution in [3.05, 3.63) is 56.4 Å². The second-order valence-corrected chi connectivity index (χ2v) is 7.15. The lowest BCUT2D eigenvalue weighted by Gasteiger charge is -2.24. The van der Waals surface area contributed by atoms with Crippen molar-refractivity contribution in [2.24, 2.45) is 7.05 Å². The van der Waals surface area contributed by atoms with Crippen molar-refractivity contribution in [2.45, 2.75) is 50.7 Å². The summed E-state index contributed by atoms with van der Waals surface area (Å²) in [5.74, 6) is 0.540. The summed E-state index contributed by atoms with van der Waals surface area (Å²) in [5.41, 5.74) is 1.83. The van der Waals surface area contributed by atoms with Crippen LogP contribution in [0.5, 0.6) is 0 Å². The van der Waals surface area contributed by atoms with Gasteiger partial charge in [0.2, 0.25) is 0 Å². The van der Waals surface area contributed by atoms with E-state index in [4.69, 9.17) is 0 Å². The molecule has 0 aromatic carbocycles. The molecule has 0 radical (unpaired) electrons. The zero-order valence-corrected chi connectivity index (χ0v) is 14.5. The van der Waals surface area contributed by atoms with Crippen LogP contribution in [0.1, 0.15) is 42.9 Å². The van der Waals surface area contributed by atoms with Crippen LogP contribution in [-0.4, -0.2) is 37.0 Å². The van der Waals surface area contributed by atoms with Crippen LogP contribution in [0.4, 0.5) is 0 Å². The fraction of sp³-hybridized carbons (Fsp3) is 0.556. The van der Waals surface area contributed by atoms with Crippen molar-refractivity contribution in [1.29, 1.82) is 0 Å². The Hall–Kier alpha value is -2.28. The van der Waals surface area contributed by atoms with E-state index in [1.54, 1.807) is 30.1 Å². The highest BCUT2D eigenvalue weighted by Gasteiger charge is 2.28. The molecule has 4 rings (SSSR count). The smallest absolute Gasteiger partial charge is 0.266 e. The highest BCUT2D eigenvalue weighted by Crippen LogP contribution is 2.38. The third-order valence-electron chi connectivity index (χ3n) is 5.18. The summed E-state index contributed by atoms with van der Waals surface area (Å²) in [6.45, 7) is 2.26. The van der Waals surface area contributed by atoms with E-state index in [9.17, 15) is 9.59 Å². The molecule has 0 spiro atoms. The Balaban J connectivity index is 1.50. The van der Waals surface area contributed by atoms with Crippen LogP contribution in [0.15, 0.2) is 34.0 Å². The molecule has 0 N–H and O–H groups in total. The van der Waals surface area contributed by atoms with Gasteiger partial charge in [-0.1, -0.05) is 0 Å². The van der Waals surface area contributed by atoms with Gasteiger partial charge >= 0.3 is 0 Å². The summed E-state index contributed by atoms with van der Waals surface area (Å²) in [6, 6.07) is 5.42. The van der Waals surface area contributed by atoms with Crippen molar-refractivity contribution in [2.75, 3.05) is 6.54 Å². The molecule has 2 aliphatic rings. The Morgan fingerprint density at radius 3 is 2.76 bits per heavy atom. The Labute approximate surface area is 145 Å². The Kier molecular flexibility index (Phi) is 4.25. The van der Waals surface area contributed by atoms with E-state index in [0.717, 1.165) is 30.6 Å². The van der Waals surface area contributed by atoms with E-state index < -0.39 is 0 Å². The summed E-state index contributed by atoms with van der Waals surface area (Å²) in [4.78, 5) is 26.3. The molecule has 1 saturated carbocycles. The van der Waals surface area contributed by atoms with Gasteiger partial charge in [-0.2, -0.15) is 10.2 Å². The molecule has 2 aromatic rings. The molecular weight excluding hydrogens is 318 g/mol. The molecule has 0 bridgehead atoms. The van der Waals surface area contributed by atoms with E-state index in [1.165, 1.54) is 17.5 Å². The van der Waals surface area contributed by atoms with Crippen molar-refractivity contribution in [3.63, 3.8) is 0 Å².